The van der Waals surface area contributed by atoms with Crippen LogP contribution in [0.3, 0.4) is 0 Å². The van der Waals surface area contributed by atoms with Crippen LogP contribution in [0.1, 0.15) is 11.1 Å². The summed E-state index contributed by atoms with van der Waals surface area (Å²) in [5.41, 5.74) is 2.04. The molecule has 20 heavy (non-hydrogen) atoms. The first kappa shape index (κ1) is 14.8. The standard InChI is InChI=1S/C15H13BrO3S/c1-20(17,18)19-15-9-7-12(8-10-15)5-6-13-3-2-4-14(16)11-13/h2-11H,1H3. The molecule has 0 unspecified atom stereocenters. The average molecular weight is 353 g/mol. The first-order chi connectivity index (χ1) is 9.42. The van der Waals surface area contributed by atoms with E-state index in [4.69, 9.17) is 4.18 Å². The SMILES string of the molecule is CS(=O)(=O)Oc1ccc(C=Cc2cccc(Br)c2)cc1. The highest BCUT2D eigenvalue weighted by molar-refractivity contribution is 9.10. The molecule has 2 rings (SSSR count). The maximum atomic E-state index is 11.0. The smallest absolute Gasteiger partial charge is 0.306 e. The van der Waals surface area contributed by atoms with E-state index in [1.807, 2.05) is 36.4 Å². The Bertz CT molecular complexity index is 719. The third-order valence-electron chi connectivity index (χ3n) is 2.44. The molecule has 0 aliphatic heterocycles. The quantitative estimate of drug-likeness (QED) is 0.617. The van der Waals surface area contributed by atoms with Crippen LogP contribution in [0.15, 0.2) is 53.0 Å². The Morgan fingerprint density at radius 3 is 2.25 bits per heavy atom. The highest BCUT2D eigenvalue weighted by atomic mass is 79.9. The van der Waals surface area contributed by atoms with Gasteiger partial charge in [0.1, 0.15) is 5.75 Å². The lowest BCUT2D eigenvalue weighted by Gasteiger charge is -2.02. The largest absolute Gasteiger partial charge is 0.383 e. The normalized spacial score (nSPS) is 11.7. The topological polar surface area (TPSA) is 43.4 Å². The molecule has 0 fully saturated rings. The summed E-state index contributed by atoms with van der Waals surface area (Å²) in [6.45, 7) is 0. The lowest BCUT2D eigenvalue weighted by Crippen LogP contribution is -2.05. The minimum atomic E-state index is -3.47. The molecule has 2 aromatic rings. The van der Waals surface area contributed by atoms with Gasteiger partial charge in [0.15, 0.2) is 0 Å². The van der Waals surface area contributed by atoms with E-state index in [1.54, 1.807) is 24.3 Å². The van der Waals surface area contributed by atoms with E-state index < -0.39 is 10.1 Å². The third-order valence-corrected chi connectivity index (χ3v) is 3.43. The van der Waals surface area contributed by atoms with Gasteiger partial charge in [-0.2, -0.15) is 8.42 Å². The molecule has 0 saturated heterocycles. The van der Waals surface area contributed by atoms with Gasteiger partial charge < -0.3 is 4.18 Å². The van der Waals surface area contributed by atoms with Crippen molar-refractivity contribution in [1.82, 2.24) is 0 Å². The van der Waals surface area contributed by atoms with Crippen LogP contribution in [0.5, 0.6) is 5.75 Å². The summed E-state index contributed by atoms with van der Waals surface area (Å²) in [4.78, 5) is 0. The van der Waals surface area contributed by atoms with Gasteiger partial charge in [0.2, 0.25) is 0 Å². The molecule has 0 saturated carbocycles. The number of rotatable bonds is 4. The summed E-state index contributed by atoms with van der Waals surface area (Å²) >= 11 is 3.42. The van der Waals surface area contributed by atoms with Gasteiger partial charge in [-0.25, -0.2) is 0 Å². The summed E-state index contributed by atoms with van der Waals surface area (Å²) in [6.07, 6.45) is 4.96. The van der Waals surface area contributed by atoms with Crippen molar-refractivity contribution in [1.29, 1.82) is 0 Å². The monoisotopic (exact) mass is 352 g/mol. The molecular formula is C15H13BrO3S. The van der Waals surface area contributed by atoms with Crippen LogP contribution < -0.4 is 4.18 Å². The van der Waals surface area contributed by atoms with Crippen LogP contribution in [-0.2, 0) is 10.1 Å². The molecule has 3 nitrogen and oxygen atoms in total. The van der Waals surface area contributed by atoms with Gasteiger partial charge in [0.05, 0.1) is 6.26 Å². The van der Waals surface area contributed by atoms with E-state index in [-0.39, 0.29) is 0 Å². The van der Waals surface area contributed by atoms with Crippen molar-refractivity contribution in [3.8, 4) is 5.75 Å². The zero-order valence-electron chi connectivity index (χ0n) is 10.8. The van der Waals surface area contributed by atoms with Crippen LogP contribution >= 0.6 is 15.9 Å². The fourth-order valence-corrected chi connectivity index (χ4v) is 2.49. The van der Waals surface area contributed by atoms with Crippen LogP contribution in [0.4, 0.5) is 0 Å². The summed E-state index contributed by atoms with van der Waals surface area (Å²) in [7, 11) is -3.47. The van der Waals surface area contributed by atoms with Crippen LogP contribution in [0, 0.1) is 0 Å². The Kier molecular flexibility index (Phi) is 4.62. The fourth-order valence-electron chi connectivity index (χ4n) is 1.61. The second-order valence-corrected chi connectivity index (χ2v) is 6.74. The minimum Gasteiger partial charge on any atom is -0.383 e. The van der Waals surface area contributed by atoms with E-state index in [1.165, 1.54) is 0 Å². The Balaban J connectivity index is 2.11. The molecule has 0 amide bonds. The number of hydrogen-bond donors (Lipinski definition) is 0. The van der Waals surface area contributed by atoms with Crippen molar-refractivity contribution < 1.29 is 12.6 Å². The Morgan fingerprint density at radius 1 is 1.00 bits per heavy atom. The Labute approximate surface area is 127 Å². The van der Waals surface area contributed by atoms with Crippen molar-refractivity contribution in [3.05, 3.63) is 64.1 Å². The number of hydrogen-bond acceptors (Lipinski definition) is 3. The highest BCUT2D eigenvalue weighted by Gasteiger charge is 2.02. The summed E-state index contributed by atoms with van der Waals surface area (Å²) < 4.78 is 27.8. The van der Waals surface area contributed by atoms with Gasteiger partial charge >= 0.3 is 10.1 Å². The molecule has 0 radical (unpaired) electrons. The maximum Gasteiger partial charge on any atom is 0.306 e. The van der Waals surface area contributed by atoms with E-state index in [2.05, 4.69) is 15.9 Å². The lowest BCUT2D eigenvalue weighted by atomic mass is 10.1. The summed E-state index contributed by atoms with van der Waals surface area (Å²) in [6, 6.07) is 14.8. The molecule has 0 aliphatic rings. The van der Waals surface area contributed by atoms with Crippen LogP contribution in [0.25, 0.3) is 12.2 Å². The lowest BCUT2D eigenvalue weighted by molar-refractivity contribution is 0.493. The van der Waals surface area contributed by atoms with E-state index >= 15 is 0 Å². The first-order valence-corrected chi connectivity index (χ1v) is 8.46. The molecule has 0 bridgehead atoms. The predicted molar refractivity (Wildman–Crippen MR) is 85.0 cm³/mol. The zero-order chi connectivity index (χ0) is 14.6. The second kappa shape index (κ2) is 6.24. The van der Waals surface area contributed by atoms with Gasteiger partial charge in [0, 0.05) is 4.47 Å². The molecule has 0 aromatic heterocycles. The van der Waals surface area contributed by atoms with Crippen molar-refractivity contribution in [2.24, 2.45) is 0 Å². The molecule has 5 heteroatoms. The maximum absolute atomic E-state index is 11.0. The van der Waals surface area contributed by atoms with Gasteiger partial charge in [-0.1, -0.05) is 52.3 Å². The highest BCUT2D eigenvalue weighted by Crippen LogP contribution is 2.17. The van der Waals surface area contributed by atoms with Crippen LogP contribution in [-0.4, -0.2) is 14.7 Å². The van der Waals surface area contributed by atoms with Gasteiger partial charge in [-0.05, 0) is 35.4 Å². The summed E-state index contributed by atoms with van der Waals surface area (Å²) in [5.74, 6) is 0.312. The van der Waals surface area contributed by atoms with E-state index in [9.17, 15) is 8.42 Å². The van der Waals surface area contributed by atoms with E-state index in [0.717, 1.165) is 21.9 Å². The Hall–Kier alpha value is -1.59. The van der Waals surface area contributed by atoms with E-state index in [0.29, 0.717) is 5.75 Å². The molecule has 2 aromatic carbocycles. The number of benzene rings is 2. The second-order valence-electron chi connectivity index (χ2n) is 4.24. The number of halogens is 1. The Morgan fingerprint density at radius 2 is 1.65 bits per heavy atom. The molecule has 0 spiro atoms. The molecule has 0 N–H and O–H groups in total. The molecule has 0 aliphatic carbocycles. The first-order valence-electron chi connectivity index (χ1n) is 5.85. The zero-order valence-corrected chi connectivity index (χ0v) is 13.2. The van der Waals surface area contributed by atoms with Gasteiger partial charge in [0.25, 0.3) is 0 Å². The molecule has 0 atom stereocenters. The average Bonchev–Trinajstić information content (AvgIpc) is 2.36. The third kappa shape index (κ3) is 4.83. The predicted octanol–water partition coefficient (Wildman–Crippen LogP) is 3.96. The molecule has 0 heterocycles. The minimum absolute atomic E-state index is 0.312. The van der Waals surface area contributed by atoms with Gasteiger partial charge in [-0.3, -0.25) is 0 Å². The van der Waals surface area contributed by atoms with Gasteiger partial charge in [-0.15, -0.1) is 0 Å². The fraction of sp³-hybridized carbons (Fsp3) is 0.0667. The van der Waals surface area contributed by atoms with Crippen molar-refractivity contribution >= 4 is 38.2 Å². The van der Waals surface area contributed by atoms with Crippen LogP contribution in [0.2, 0.25) is 0 Å². The van der Waals surface area contributed by atoms with Crippen molar-refractivity contribution in [2.45, 2.75) is 0 Å². The molecule has 104 valence electrons. The molecular weight excluding hydrogens is 340 g/mol. The van der Waals surface area contributed by atoms with Crippen molar-refractivity contribution in [3.63, 3.8) is 0 Å². The van der Waals surface area contributed by atoms with Crippen molar-refractivity contribution in [2.75, 3.05) is 6.26 Å². The summed E-state index contributed by atoms with van der Waals surface area (Å²) in [5, 5.41) is 0.